The second-order valence-corrected chi connectivity index (χ2v) is 4.66. The molecular weight excluding hydrogens is 246 g/mol. The molecule has 0 aromatic carbocycles. The number of H-pyrrole nitrogens is 2. The van der Waals surface area contributed by atoms with Crippen molar-refractivity contribution in [1.82, 2.24) is 24.6 Å². The van der Waals surface area contributed by atoms with E-state index in [9.17, 15) is 9.59 Å². The summed E-state index contributed by atoms with van der Waals surface area (Å²) in [5, 5.41) is 4.18. The minimum absolute atomic E-state index is 0.385. The molecule has 0 spiro atoms. The largest absolute Gasteiger partial charge is 0.325 e. The molecule has 0 atom stereocenters. The third-order valence-electron chi connectivity index (χ3n) is 3.03. The van der Waals surface area contributed by atoms with Crippen molar-refractivity contribution < 1.29 is 0 Å². The Bertz CT molecular complexity index is 654. The van der Waals surface area contributed by atoms with Crippen LogP contribution in [0.4, 0.5) is 0 Å². The Hall–Kier alpha value is -2.15. The van der Waals surface area contributed by atoms with E-state index in [1.165, 1.54) is 6.07 Å². The smallest absolute Gasteiger partial charge is 0.310 e. The highest BCUT2D eigenvalue weighted by molar-refractivity contribution is 5.15. The Balaban J connectivity index is 2.09. The van der Waals surface area contributed by atoms with Crippen molar-refractivity contribution in [2.45, 2.75) is 20.0 Å². The Morgan fingerprint density at radius 2 is 2.05 bits per heavy atom. The fourth-order valence-corrected chi connectivity index (χ4v) is 1.94. The average Bonchev–Trinajstić information content (AvgIpc) is 2.59. The lowest BCUT2D eigenvalue weighted by molar-refractivity contribution is 0.313. The van der Waals surface area contributed by atoms with Crippen LogP contribution in [0.2, 0.25) is 0 Å². The molecule has 0 aliphatic heterocycles. The summed E-state index contributed by atoms with van der Waals surface area (Å²) in [4.78, 5) is 29.1. The summed E-state index contributed by atoms with van der Waals surface area (Å²) in [6, 6.07) is 1.40. The van der Waals surface area contributed by atoms with Gasteiger partial charge in [0.05, 0.1) is 6.20 Å². The van der Waals surface area contributed by atoms with Gasteiger partial charge in [-0.2, -0.15) is 5.10 Å². The van der Waals surface area contributed by atoms with E-state index in [2.05, 4.69) is 15.1 Å². The minimum Gasteiger partial charge on any atom is -0.310 e. The highest BCUT2D eigenvalue weighted by atomic mass is 16.2. The molecule has 102 valence electrons. The van der Waals surface area contributed by atoms with Gasteiger partial charge >= 0.3 is 5.69 Å². The van der Waals surface area contributed by atoms with Crippen LogP contribution in [0.5, 0.6) is 0 Å². The summed E-state index contributed by atoms with van der Waals surface area (Å²) < 4.78 is 1.82. The molecule has 7 heteroatoms. The molecule has 0 radical (unpaired) electrons. The lowest BCUT2D eigenvalue weighted by Crippen LogP contribution is -2.26. The molecule has 0 aliphatic rings. The molecule has 2 heterocycles. The normalized spacial score (nSPS) is 11.2. The maximum absolute atomic E-state index is 11.2. The van der Waals surface area contributed by atoms with Gasteiger partial charge in [0.1, 0.15) is 0 Å². The van der Waals surface area contributed by atoms with Crippen molar-refractivity contribution in [2.75, 3.05) is 7.05 Å². The van der Waals surface area contributed by atoms with Crippen molar-refractivity contribution >= 4 is 0 Å². The number of hydrogen-bond acceptors (Lipinski definition) is 4. The molecule has 2 N–H and O–H groups in total. The van der Waals surface area contributed by atoms with E-state index in [4.69, 9.17) is 0 Å². The zero-order chi connectivity index (χ0) is 14.0. The topological polar surface area (TPSA) is 86.8 Å². The van der Waals surface area contributed by atoms with Crippen LogP contribution in [0.25, 0.3) is 0 Å². The first-order chi connectivity index (χ1) is 8.95. The van der Waals surface area contributed by atoms with E-state index in [0.717, 1.165) is 11.3 Å². The van der Waals surface area contributed by atoms with Gasteiger partial charge in [-0.05, 0) is 14.0 Å². The summed E-state index contributed by atoms with van der Waals surface area (Å²) in [5.74, 6) is 0. The molecule has 19 heavy (non-hydrogen) atoms. The SMILES string of the molecule is Cc1c(CN(C)Cc2cc(=O)[nH]c(=O)[nH]2)cnn1C. The van der Waals surface area contributed by atoms with Crippen LogP contribution < -0.4 is 11.2 Å². The second-order valence-electron chi connectivity index (χ2n) is 4.66. The lowest BCUT2D eigenvalue weighted by Gasteiger charge is -2.15. The standard InChI is InChI=1S/C12H17N5O2/c1-8-9(5-13-17(8)3)6-16(2)7-10-4-11(18)15-12(19)14-10/h4-5H,6-7H2,1-3H3,(H2,14,15,18,19). The van der Waals surface area contributed by atoms with Crippen LogP contribution in [-0.4, -0.2) is 31.7 Å². The van der Waals surface area contributed by atoms with Gasteiger partial charge in [-0.3, -0.25) is 19.4 Å². The Labute approximate surface area is 109 Å². The molecule has 0 aliphatic carbocycles. The average molecular weight is 263 g/mol. The van der Waals surface area contributed by atoms with Gasteiger partial charge in [-0.1, -0.05) is 0 Å². The molecule has 0 bridgehead atoms. The van der Waals surface area contributed by atoms with Gasteiger partial charge in [0.2, 0.25) is 0 Å². The zero-order valence-electron chi connectivity index (χ0n) is 11.2. The van der Waals surface area contributed by atoms with Crippen LogP contribution >= 0.6 is 0 Å². The molecule has 0 unspecified atom stereocenters. The van der Waals surface area contributed by atoms with E-state index < -0.39 is 5.69 Å². The summed E-state index contributed by atoms with van der Waals surface area (Å²) >= 11 is 0. The summed E-state index contributed by atoms with van der Waals surface area (Å²) in [5.41, 5.74) is 1.96. The molecule has 7 nitrogen and oxygen atoms in total. The van der Waals surface area contributed by atoms with Crippen LogP contribution in [0, 0.1) is 6.92 Å². The van der Waals surface area contributed by atoms with Gasteiger partial charge in [-0.15, -0.1) is 0 Å². The number of aryl methyl sites for hydroxylation is 1. The van der Waals surface area contributed by atoms with Gasteiger partial charge in [0.15, 0.2) is 0 Å². The second kappa shape index (κ2) is 5.23. The van der Waals surface area contributed by atoms with E-state index in [1.807, 2.05) is 36.8 Å². The number of nitrogens with zero attached hydrogens (tertiary/aromatic N) is 3. The quantitative estimate of drug-likeness (QED) is 0.795. The fraction of sp³-hybridized carbons (Fsp3) is 0.417. The maximum atomic E-state index is 11.2. The van der Waals surface area contributed by atoms with E-state index in [1.54, 1.807) is 0 Å². The molecule has 0 amide bonds. The summed E-state index contributed by atoms with van der Waals surface area (Å²) in [6.07, 6.45) is 1.83. The molecule has 0 fully saturated rings. The molecular formula is C12H17N5O2. The third-order valence-corrected chi connectivity index (χ3v) is 3.03. The molecule has 2 rings (SSSR count). The van der Waals surface area contributed by atoms with Crippen LogP contribution in [0.3, 0.4) is 0 Å². The first kappa shape index (κ1) is 13.3. The fourth-order valence-electron chi connectivity index (χ4n) is 1.94. The number of rotatable bonds is 4. The summed E-state index contributed by atoms with van der Waals surface area (Å²) in [6.45, 7) is 3.20. The molecule has 2 aromatic rings. The molecule has 2 aromatic heterocycles. The number of hydrogen-bond donors (Lipinski definition) is 2. The number of nitrogens with one attached hydrogen (secondary N) is 2. The van der Waals surface area contributed by atoms with Gasteiger partial charge in [0.25, 0.3) is 5.56 Å². The first-order valence-corrected chi connectivity index (χ1v) is 5.94. The lowest BCUT2D eigenvalue weighted by atomic mass is 10.2. The molecule has 0 saturated carbocycles. The molecule has 0 saturated heterocycles. The predicted octanol–water partition coefficient (Wildman–Crippen LogP) is -0.263. The van der Waals surface area contributed by atoms with E-state index in [0.29, 0.717) is 18.8 Å². The van der Waals surface area contributed by atoms with Gasteiger partial charge < -0.3 is 4.98 Å². The zero-order valence-corrected chi connectivity index (χ0v) is 11.2. The third kappa shape index (κ3) is 3.19. The van der Waals surface area contributed by atoms with Crippen LogP contribution in [0.1, 0.15) is 17.0 Å². The van der Waals surface area contributed by atoms with Crippen molar-refractivity contribution in [3.05, 3.63) is 50.1 Å². The predicted molar refractivity (Wildman–Crippen MR) is 70.8 cm³/mol. The number of aromatic amines is 2. The monoisotopic (exact) mass is 263 g/mol. The van der Waals surface area contributed by atoms with Crippen LogP contribution in [-0.2, 0) is 20.1 Å². The Morgan fingerprint density at radius 3 is 2.63 bits per heavy atom. The first-order valence-electron chi connectivity index (χ1n) is 5.94. The minimum atomic E-state index is -0.478. The highest BCUT2D eigenvalue weighted by Crippen LogP contribution is 2.09. The van der Waals surface area contributed by atoms with Gasteiger partial charge in [0, 0.05) is 43.2 Å². The maximum Gasteiger partial charge on any atom is 0.325 e. The Kier molecular flexibility index (Phi) is 3.66. The van der Waals surface area contributed by atoms with Crippen LogP contribution in [0.15, 0.2) is 21.9 Å². The highest BCUT2D eigenvalue weighted by Gasteiger charge is 2.08. The number of aromatic nitrogens is 4. The van der Waals surface area contributed by atoms with Crippen molar-refractivity contribution in [2.24, 2.45) is 7.05 Å². The van der Waals surface area contributed by atoms with E-state index in [-0.39, 0.29) is 5.56 Å². The Morgan fingerprint density at radius 1 is 1.32 bits per heavy atom. The summed E-state index contributed by atoms with van der Waals surface area (Å²) in [7, 11) is 3.82. The van der Waals surface area contributed by atoms with Crippen molar-refractivity contribution in [3.8, 4) is 0 Å². The van der Waals surface area contributed by atoms with E-state index >= 15 is 0 Å². The van der Waals surface area contributed by atoms with Gasteiger partial charge in [-0.25, -0.2) is 4.79 Å². The van der Waals surface area contributed by atoms with Crippen molar-refractivity contribution in [1.29, 1.82) is 0 Å². The van der Waals surface area contributed by atoms with Crippen molar-refractivity contribution in [3.63, 3.8) is 0 Å².